The number of carbonyl (C=O) groups excluding carboxylic acids is 1. The fourth-order valence-electron chi connectivity index (χ4n) is 4.05. The topological polar surface area (TPSA) is 93.2 Å². The Labute approximate surface area is 192 Å². The fraction of sp³-hybridized carbons (Fsp3) is 0.318. The molecule has 1 aliphatic rings. The highest BCUT2D eigenvalue weighted by molar-refractivity contribution is 5.91. The second-order valence-corrected chi connectivity index (χ2v) is 8.10. The molecule has 0 aliphatic carbocycles. The second-order valence-electron chi connectivity index (χ2n) is 8.10. The Bertz CT molecular complexity index is 1290. The van der Waals surface area contributed by atoms with Crippen LogP contribution in [-0.4, -0.2) is 48.4 Å². The lowest BCUT2D eigenvalue weighted by atomic mass is 9.96. The van der Waals surface area contributed by atoms with Gasteiger partial charge in [-0.25, -0.2) is 4.98 Å². The summed E-state index contributed by atoms with van der Waals surface area (Å²) in [5.74, 6) is -0.653. The van der Waals surface area contributed by atoms with Crippen LogP contribution in [0.15, 0.2) is 54.9 Å². The number of benzene rings is 1. The van der Waals surface area contributed by atoms with Crippen molar-refractivity contribution in [3.63, 3.8) is 0 Å². The molecule has 0 saturated carbocycles. The first kappa shape index (κ1) is 21.9. The van der Waals surface area contributed by atoms with E-state index in [1.165, 1.54) is 6.07 Å². The maximum atomic E-state index is 13.1. The van der Waals surface area contributed by atoms with Gasteiger partial charge in [0.15, 0.2) is 5.65 Å². The molecule has 1 fully saturated rings. The molecule has 3 aromatic heterocycles. The number of fused-ring (bicyclic) bond motifs is 1. The quantitative estimate of drug-likeness (QED) is 0.481. The van der Waals surface area contributed by atoms with E-state index >= 15 is 0 Å². The molecule has 1 N–H and O–H groups in total. The van der Waals surface area contributed by atoms with Crippen LogP contribution < -0.4 is 10.2 Å². The van der Waals surface area contributed by atoms with Gasteiger partial charge in [-0.2, -0.15) is 17.7 Å². The Balaban J connectivity index is 1.22. The zero-order chi connectivity index (χ0) is 23.7. The van der Waals surface area contributed by atoms with Gasteiger partial charge < -0.3 is 9.47 Å². The van der Waals surface area contributed by atoms with E-state index in [-0.39, 0.29) is 17.5 Å². The number of nitrogens with zero attached hydrogens (tertiary/aromatic N) is 7. The van der Waals surface area contributed by atoms with Crippen LogP contribution in [0.4, 0.5) is 24.9 Å². The van der Waals surface area contributed by atoms with E-state index in [9.17, 15) is 18.0 Å². The van der Waals surface area contributed by atoms with Gasteiger partial charge >= 0.3 is 6.18 Å². The Kier molecular flexibility index (Phi) is 5.64. The maximum Gasteiger partial charge on any atom is 0.453 e. The van der Waals surface area contributed by atoms with E-state index in [1.807, 2.05) is 46.0 Å². The molecular formula is C22H21F3N8O. The van der Waals surface area contributed by atoms with Crippen molar-refractivity contribution in [1.29, 1.82) is 0 Å². The third-order valence-corrected chi connectivity index (χ3v) is 5.84. The molecule has 1 amide bonds. The second kappa shape index (κ2) is 8.76. The van der Waals surface area contributed by atoms with Crippen LogP contribution >= 0.6 is 0 Å². The van der Waals surface area contributed by atoms with Gasteiger partial charge in [0, 0.05) is 31.4 Å². The van der Waals surface area contributed by atoms with Crippen molar-refractivity contribution in [2.24, 2.45) is 5.92 Å². The number of alkyl halides is 3. The standard InChI is InChI=1S/C22H21F3N8O/c23-22(24,25)20-29-28-17-6-7-18(30-33(17)20)31-11-8-16(9-12-31)19(34)27-21-26-10-13-32(21)14-15-4-2-1-3-5-15/h1-7,10,13,16H,8-9,11-12,14H2,(H,26,27,34). The summed E-state index contributed by atoms with van der Waals surface area (Å²) in [4.78, 5) is 19.0. The highest BCUT2D eigenvalue weighted by atomic mass is 19.4. The minimum atomic E-state index is -4.65. The van der Waals surface area contributed by atoms with Crippen molar-refractivity contribution in [2.45, 2.75) is 25.6 Å². The Morgan fingerprint density at radius 1 is 1.06 bits per heavy atom. The lowest BCUT2D eigenvalue weighted by Gasteiger charge is -2.32. The molecule has 5 rings (SSSR count). The summed E-state index contributed by atoms with van der Waals surface area (Å²) in [6.07, 6.45) is -0.114. The number of halogens is 3. The molecule has 0 bridgehead atoms. The summed E-state index contributed by atoms with van der Waals surface area (Å²) in [5.41, 5.74) is 1.12. The largest absolute Gasteiger partial charge is 0.453 e. The van der Waals surface area contributed by atoms with Crippen LogP contribution in [0.3, 0.4) is 0 Å². The number of anilines is 2. The number of hydrogen-bond acceptors (Lipinski definition) is 6. The molecule has 1 aromatic carbocycles. The highest BCUT2D eigenvalue weighted by Gasteiger charge is 2.38. The zero-order valence-corrected chi connectivity index (χ0v) is 18.0. The Morgan fingerprint density at radius 3 is 2.56 bits per heavy atom. The normalized spacial score (nSPS) is 15.1. The molecule has 9 nitrogen and oxygen atoms in total. The summed E-state index contributed by atoms with van der Waals surface area (Å²) < 4.78 is 42.0. The summed E-state index contributed by atoms with van der Waals surface area (Å²) in [6.45, 7) is 1.56. The first-order chi connectivity index (χ1) is 16.4. The molecule has 34 heavy (non-hydrogen) atoms. The molecule has 0 spiro atoms. The lowest BCUT2D eigenvalue weighted by molar-refractivity contribution is -0.146. The maximum absolute atomic E-state index is 13.1. The van der Waals surface area contributed by atoms with Crippen molar-refractivity contribution in [1.82, 2.24) is 29.4 Å². The van der Waals surface area contributed by atoms with Gasteiger partial charge in [-0.3, -0.25) is 10.1 Å². The SMILES string of the molecule is O=C(Nc1nccn1Cc1ccccc1)C1CCN(c2ccc3nnc(C(F)(F)F)n3n2)CC1. The van der Waals surface area contributed by atoms with Gasteiger partial charge in [-0.1, -0.05) is 30.3 Å². The number of amides is 1. The number of nitrogens with one attached hydrogen (secondary N) is 1. The van der Waals surface area contributed by atoms with E-state index in [4.69, 9.17) is 0 Å². The minimum Gasteiger partial charge on any atom is -0.355 e. The molecule has 4 heterocycles. The average molecular weight is 470 g/mol. The summed E-state index contributed by atoms with van der Waals surface area (Å²) >= 11 is 0. The van der Waals surface area contributed by atoms with Crippen LogP contribution in [0.25, 0.3) is 5.65 Å². The van der Waals surface area contributed by atoms with Crippen LogP contribution in [-0.2, 0) is 17.5 Å². The number of imidazole rings is 1. The van der Waals surface area contributed by atoms with E-state index in [0.717, 1.165) is 5.56 Å². The first-order valence-corrected chi connectivity index (χ1v) is 10.8. The molecule has 0 radical (unpaired) electrons. The molecule has 4 aromatic rings. The van der Waals surface area contributed by atoms with E-state index in [1.54, 1.807) is 12.3 Å². The monoisotopic (exact) mass is 470 g/mol. The number of rotatable bonds is 5. The van der Waals surface area contributed by atoms with Gasteiger partial charge in [0.25, 0.3) is 5.82 Å². The van der Waals surface area contributed by atoms with Crippen LogP contribution in [0, 0.1) is 5.92 Å². The summed E-state index contributed by atoms with van der Waals surface area (Å²) in [6, 6.07) is 12.9. The third kappa shape index (κ3) is 4.43. The predicted octanol–water partition coefficient (Wildman–Crippen LogP) is 3.24. The molecule has 1 aliphatic heterocycles. The molecule has 176 valence electrons. The van der Waals surface area contributed by atoms with Crippen LogP contribution in [0.5, 0.6) is 0 Å². The summed E-state index contributed by atoms with van der Waals surface area (Å²) in [5, 5.41) is 13.7. The Hall–Kier alpha value is -3.96. The van der Waals surface area contributed by atoms with Crippen LogP contribution in [0.2, 0.25) is 0 Å². The first-order valence-electron chi connectivity index (χ1n) is 10.8. The lowest BCUT2D eigenvalue weighted by Crippen LogP contribution is -2.39. The minimum absolute atomic E-state index is 0.0244. The van der Waals surface area contributed by atoms with Gasteiger partial charge in [0.05, 0.1) is 6.54 Å². The van der Waals surface area contributed by atoms with Crippen molar-refractivity contribution in [3.05, 3.63) is 66.2 Å². The Morgan fingerprint density at radius 2 is 1.82 bits per heavy atom. The van der Waals surface area contributed by atoms with E-state index in [0.29, 0.717) is 48.8 Å². The summed E-state index contributed by atoms with van der Waals surface area (Å²) in [7, 11) is 0. The van der Waals surface area contributed by atoms with Crippen molar-refractivity contribution in [3.8, 4) is 0 Å². The third-order valence-electron chi connectivity index (χ3n) is 5.84. The van der Waals surface area contributed by atoms with Gasteiger partial charge in [-0.05, 0) is 30.5 Å². The highest BCUT2D eigenvalue weighted by Crippen LogP contribution is 2.29. The van der Waals surface area contributed by atoms with Gasteiger partial charge in [0.1, 0.15) is 5.82 Å². The smallest absolute Gasteiger partial charge is 0.355 e. The van der Waals surface area contributed by atoms with E-state index < -0.39 is 12.0 Å². The number of carbonyl (C=O) groups is 1. The van der Waals surface area contributed by atoms with Crippen molar-refractivity contribution >= 4 is 23.3 Å². The van der Waals surface area contributed by atoms with Gasteiger partial charge in [-0.15, -0.1) is 15.3 Å². The van der Waals surface area contributed by atoms with Crippen molar-refractivity contribution in [2.75, 3.05) is 23.3 Å². The number of hydrogen-bond donors (Lipinski definition) is 1. The van der Waals surface area contributed by atoms with Crippen molar-refractivity contribution < 1.29 is 18.0 Å². The molecule has 12 heteroatoms. The fourth-order valence-corrected chi connectivity index (χ4v) is 4.05. The number of piperidine rings is 1. The van der Waals surface area contributed by atoms with E-state index in [2.05, 4.69) is 25.6 Å². The zero-order valence-electron chi connectivity index (χ0n) is 18.0. The molecule has 0 atom stereocenters. The van der Waals surface area contributed by atoms with Gasteiger partial charge in [0.2, 0.25) is 11.9 Å². The molecule has 0 unspecified atom stereocenters. The predicted molar refractivity (Wildman–Crippen MR) is 117 cm³/mol. The average Bonchev–Trinajstić information content (AvgIpc) is 3.46. The number of aromatic nitrogens is 6. The molecular weight excluding hydrogens is 449 g/mol. The molecule has 1 saturated heterocycles. The van der Waals surface area contributed by atoms with Crippen LogP contribution in [0.1, 0.15) is 24.2 Å².